The molecule has 4 nitrogen and oxygen atoms in total. The molecule has 0 aliphatic carbocycles. The van der Waals surface area contributed by atoms with E-state index in [9.17, 15) is 4.79 Å². The number of benzene rings is 1. The van der Waals surface area contributed by atoms with Crippen molar-refractivity contribution < 1.29 is 4.79 Å². The van der Waals surface area contributed by atoms with Crippen molar-refractivity contribution >= 4 is 5.91 Å². The molecule has 138 valence electrons. The quantitative estimate of drug-likeness (QED) is 0.863. The fourth-order valence-electron chi connectivity index (χ4n) is 4.09. The Morgan fingerprint density at radius 3 is 2.40 bits per heavy atom. The van der Waals surface area contributed by atoms with E-state index in [1.807, 2.05) is 0 Å². The Morgan fingerprint density at radius 2 is 1.72 bits per heavy atom. The van der Waals surface area contributed by atoms with Gasteiger partial charge in [-0.05, 0) is 76.8 Å². The molecule has 0 spiro atoms. The lowest BCUT2D eigenvalue weighted by molar-refractivity contribution is -0.126. The molecule has 1 aromatic rings. The van der Waals surface area contributed by atoms with Gasteiger partial charge in [0.1, 0.15) is 0 Å². The van der Waals surface area contributed by atoms with E-state index in [1.54, 1.807) is 0 Å². The molecule has 3 rings (SSSR count). The molecule has 0 atom stereocenters. The van der Waals surface area contributed by atoms with Gasteiger partial charge in [-0.1, -0.05) is 30.3 Å². The molecule has 2 aliphatic rings. The van der Waals surface area contributed by atoms with Crippen LogP contribution >= 0.6 is 0 Å². The second-order valence-corrected chi connectivity index (χ2v) is 7.86. The Balaban J connectivity index is 1.29. The predicted octanol–water partition coefficient (Wildman–Crippen LogP) is 2.75. The van der Waals surface area contributed by atoms with Crippen LogP contribution in [0.15, 0.2) is 30.3 Å². The number of hydrogen-bond acceptors (Lipinski definition) is 3. The SMILES string of the molecule is CN1CCC(C(=O)NCCC2CCN(Cc3ccccc3)CC2)CC1. The number of nitrogens with zero attached hydrogens (tertiary/aromatic N) is 2. The van der Waals surface area contributed by atoms with Crippen LogP contribution < -0.4 is 5.32 Å². The maximum Gasteiger partial charge on any atom is 0.223 e. The maximum atomic E-state index is 12.3. The average Bonchev–Trinajstić information content (AvgIpc) is 2.64. The second kappa shape index (κ2) is 9.35. The minimum Gasteiger partial charge on any atom is -0.356 e. The van der Waals surface area contributed by atoms with Gasteiger partial charge in [0.05, 0.1) is 0 Å². The van der Waals surface area contributed by atoms with Gasteiger partial charge in [-0.3, -0.25) is 9.69 Å². The summed E-state index contributed by atoms with van der Waals surface area (Å²) < 4.78 is 0. The van der Waals surface area contributed by atoms with Crippen molar-refractivity contribution in [3.63, 3.8) is 0 Å². The molecule has 25 heavy (non-hydrogen) atoms. The van der Waals surface area contributed by atoms with Crippen molar-refractivity contribution in [2.45, 2.75) is 38.6 Å². The number of carbonyl (C=O) groups is 1. The molecule has 0 unspecified atom stereocenters. The highest BCUT2D eigenvalue weighted by Crippen LogP contribution is 2.22. The maximum absolute atomic E-state index is 12.3. The lowest BCUT2D eigenvalue weighted by Gasteiger charge is -2.32. The Morgan fingerprint density at radius 1 is 1.04 bits per heavy atom. The molecular formula is C21H33N3O. The second-order valence-electron chi connectivity index (χ2n) is 7.86. The standard InChI is InChI=1S/C21H33N3O/c1-23-13-10-20(11-14-23)21(25)22-12-7-18-8-15-24(16-9-18)17-19-5-3-2-4-6-19/h2-6,18,20H,7-17H2,1H3,(H,22,25). The zero-order valence-corrected chi connectivity index (χ0v) is 15.6. The number of rotatable bonds is 6. The summed E-state index contributed by atoms with van der Waals surface area (Å²) in [7, 11) is 2.14. The third-order valence-corrected chi connectivity index (χ3v) is 5.90. The summed E-state index contributed by atoms with van der Waals surface area (Å²) in [5, 5.41) is 3.19. The third-order valence-electron chi connectivity index (χ3n) is 5.90. The summed E-state index contributed by atoms with van der Waals surface area (Å²) in [6.45, 7) is 6.40. The van der Waals surface area contributed by atoms with Gasteiger partial charge in [0.15, 0.2) is 0 Å². The molecule has 2 heterocycles. The van der Waals surface area contributed by atoms with Gasteiger partial charge in [0, 0.05) is 19.0 Å². The van der Waals surface area contributed by atoms with Crippen molar-refractivity contribution in [1.82, 2.24) is 15.1 Å². The normalized spacial score (nSPS) is 21.3. The predicted molar refractivity (Wildman–Crippen MR) is 102 cm³/mol. The zero-order valence-electron chi connectivity index (χ0n) is 15.6. The van der Waals surface area contributed by atoms with Gasteiger partial charge >= 0.3 is 0 Å². The van der Waals surface area contributed by atoms with Crippen LogP contribution in [0.3, 0.4) is 0 Å². The fourth-order valence-corrected chi connectivity index (χ4v) is 4.09. The van der Waals surface area contributed by atoms with Crippen LogP contribution in [0, 0.1) is 11.8 Å². The monoisotopic (exact) mass is 343 g/mol. The number of nitrogens with one attached hydrogen (secondary N) is 1. The van der Waals surface area contributed by atoms with E-state index < -0.39 is 0 Å². The van der Waals surface area contributed by atoms with Crippen molar-refractivity contribution in [2.24, 2.45) is 11.8 Å². The Kier molecular flexibility index (Phi) is 6.88. The molecule has 0 saturated carbocycles. The highest BCUT2D eigenvalue weighted by Gasteiger charge is 2.24. The molecule has 0 aromatic heterocycles. The van der Waals surface area contributed by atoms with Gasteiger partial charge in [-0.2, -0.15) is 0 Å². The first-order chi connectivity index (χ1) is 12.2. The molecule has 0 radical (unpaired) electrons. The molecule has 0 bridgehead atoms. The number of carbonyl (C=O) groups excluding carboxylic acids is 1. The fraction of sp³-hybridized carbons (Fsp3) is 0.667. The van der Waals surface area contributed by atoms with Gasteiger partial charge in [-0.15, -0.1) is 0 Å². The summed E-state index contributed by atoms with van der Waals surface area (Å²) in [5.74, 6) is 1.29. The van der Waals surface area contributed by atoms with Crippen molar-refractivity contribution in [3.8, 4) is 0 Å². The molecule has 1 amide bonds. The molecule has 4 heteroatoms. The molecule has 2 fully saturated rings. The van der Waals surface area contributed by atoms with Crippen LogP contribution in [-0.2, 0) is 11.3 Å². The van der Waals surface area contributed by atoms with Gasteiger partial charge in [-0.25, -0.2) is 0 Å². The highest BCUT2D eigenvalue weighted by molar-refractivity contribution is 5.78. The topological polar surface area (TPSA) is 35.6 Å². The highest BCUT2D eigenvalue weighted by atomic mass is 16.1. The number of hydrogen-bond donors (Lipinski definition) is 1. The molecular weight excluding hydrogens is 310 g/mol. The van der Waals surface area contributed by atoms with Crippen LogP contribution in [0.1, 0.15) is 37.7 Å². The van der Waals surface area contributed by atoms with Crippen molar-refractivity contribution in [2.75, 3.05) is 39.8 Å². The molecule has 2 saturated heterocycles. The summed E-state index contributed by atoms with van der Waals surface area (Å²) in [5.41, 5.74) is 1.41. The first-order valence-electron chi connectivity index (χ1n) is 9.93. The van der Waals surface area contributed by atoms with E-state index >= 15 is 0 Å². The molecule has 1 N–H and O–H groups in total. The Hall–Kier alpha value is -1.39. The van der Waals surface area contributed by atoms with E-state index in [1.165, 1.54) is 31.5 Å². The van der Waals surface area contributed by atoms with E-state index in [0.29, 0.717) is 0 Å². The van der Waals surface area contributed by atoms with Crippen LogP contribution in [0.2, 0.25) is 0 Å². The van der Waals surface area contributed by atoms with E-state index in [0.717, 1.165) is 51.4 Å². The lowest BCUT2D eigenvalue weighted by atomic mass is 9.92. The van der Waals surface area contributed by atoms with Crippen LogP contribution in [0.25, 0.3) is 0 Å². The van der Waals surface area contributed by atoms with E-state index in [4.69, 9.17) is 0 Å². The number of likely N-dealkylation sites (tertiary alicyclic amines) is 2. The minimum atomic E-state index is 0.240. The number of amides is 1. The smallest absolute Gasteiger partial charge is 0.223 e. The van der Waals surface area contributed by atoms with Crippen LogP contribution in [-0.4, -0.2) is 55.5 Å². The van der Waals surface area contributed by atoms with Crippen LogP contribution in [0.4, 0.5) is 0 Å². The van der Waals surface area contributed by atoms with Gasteiger partial charge in [0.2, 0.25) is 5.91 Å². The first-order valence-corrected chi connectivity index (χ1v) is 9.93. The zero-order chi connectivity index (χ0) is 17.5. The Bertz CT molecular complexity index is 517. The van der Waals surface area contributed by atoms with Crippen LogP contribution in [0.5, 0.6) is 0 Å². The molecule has 1 aromatic carbocycles. The first kappa shape index (κ1) is 18.4. The minimum absolute atomic E-state index is 0.240. The van der Waals surface area contributed by atoms with Crippen molar-refractivity contribution in [3.05, 3.63) is 35.9 Å². The molecule has 2 aliphatic heterocycles. The summed E-state index contributed by atoms with van der Waals surface area (Å²) >= 11 is 0. The van der Waals surface area contributed by atoms with Gasteiger partial charge in [0.25, 0.3) is 0 Å². The van der Waals surface area contributed by atoms with E-state index in [-0.39, 0.29) is 11.8 Å². The Labute approximate surface area is 152 Å². The van der Waals surface area contributed by atoms with E-state index in [2.05, 4.69) is 52.5 Å². The third kappa shape index (κ3) is 5.82. The lowest BCUT2D eigenvalue weighted by Crippen LogP contribution is -2.40. The summed E-state index contributed by atoms with van der Waals surface area (Å²) in [6.07, 6.45) is 5.69. The van der Waals surface area contributed by atoms with Gasteiger partial charge < -0.3 is 10.2 Å². The summed E-state index contributed by atoms with van der Waals surface area (Å²) in [4.78, 5) is 17.1. The van der Waals surface area contributed by atoms with Crippen molar-refractivity contribution in [1.29, 1.82) is 0 Å². The number of piperidine rings is 2. The average molecular weight is 344 g/mol. The summed E-state index contributed by atoms with van der Waals surface area (Å²) in [6, 6.07) is 10.7. The largest absolute Gasteiger partial charge is 0.356 e.